The fraction of sp³-hybridized carbons (Fsp3) is 0.818. The van der Waals surface area contributed by atoms with Crippen LogP contribution in [0.1, 0.15) is 0 Å². The molecular weight excluding hydrogens is 395 g/mol. The molecule has 114 valence electrons. The summed E-state index contributed by atoms with van der Waals surface area (Å²) in [4.78, 5) is 17.3. The Labute approximate surface area is 142 Å². The maximum absolute atomic E-state index is 11.5. The third-order valence-electron chi connectivity index (χ3n) is 2.07. The highest BCUT2D eigenvalue weighted by Crippen LogP contribution is 1.89. The van der Waals surface area contributed by atoms with Crippen molar-refractivity contribution in [2.24, 2.45) is 4.99 Å². The summed E-state index contributed by atoms with van der Waals surface area (Å²) in [5.41, 5.74) is 0. The Bertz CT molecular complexity index is 253. The molecular formula is C11H25IN4OS2. The largest absolute Gasteiger partial charge is 0.356 e. The summed E-state index contributed by atoms with van der Waals surface area (Å²) in [6.07, 6.45) is 4.13. The zero-order chi connectivity index (χ0) is 13.8. The lowest BCUT2D eigenvalue weighted by Crippen LogP contribution is -2.40. The van der Waals surface area contributed by atoms with Gasteiger partial charge in [0, 0.05) is 38.7 Å². The van der Waals surface area contributed by atoms with Gasteiger partial charge in [0.15, 0.2) is 5.96 Å². The monoisotopic (exact) mass is 420 g/mol. The van der Waals surface area contributed by atoms with Crippen molar-refractivity contribution in [1.82, 2.24) is 15.5 Å². The summed E-state index contributed by atoms with van der Waals surface area (Å²) in [5, 5.41) is 6.42. The van der Waals surface area contributed by atoms with Crippen LogP contribution in [0.5, 0.6) is 0 Å². The number of amides is 1. The van der Waals surface area contributed by atoms with Gasteiger partial charge >= 0.3 is 0 Å². The topological polar surface area (TPSA) is 56.7 Å². The Balaban J connectivity index is 0. The molecule has 0 saturated heterocycles. The van der Waals surface area contributed by atoms with Crippen molar-refractivity contribution < 1.29 is 4.79 Å². The van der Waals surface area contributed by atoms with Gasteiger partial charge in [-0.15, -0.1) is 24.0 Å². The number of guanidine groups is 1. The third kappa shape index (κ3) is 12.9. The fourth-order valence-electron chi connectivity index (χ4n) is 1.01. The molecule has 19 heavy (non-hydrogen) atoms. The van der Waals surface area contributed by atoms with Gasteiger partial charge in [0.1, 0.15) is 6.54 Å². The summed E-state index contributed by atoms with van der Waals surface area (Å²) < 4.78 is 0. The van der Waals surface area contributed by atoms with Crippen molar-refractivity contribution in [3.8, 4) is 0 Å². The fourth-order valence-corrected chi connectivity index (χ4v) is 1.62. The van der Waals surface area contributed by atoms with E-state index in [4.69, 9.17) is 0 Å². The highest BCUT2D eigenvalue weighted by atomic mass is 127. The van der Waals surface area contributed by atoms with Gasteiger partial charge in [0.05, 0.1) is 0 Å². The maximum Gasteiger partial charge on any atom is 0.243 e. The summed E-state index contributed by atoms with van der Waals surface area (Å²) in [7, 11) is 3.47. The predicted molar refractivity (Wildman–Crippen MR) is 99.2 cm³/mol. The number of likely N-dealkylation sites (N-methyl/N-ethyl adjacent to an activating group) is 1. The van der Waals surface area contributed by atoms with Gasteiger partial charge in [-0.05, 0) is 12.5 Å². The molecule has 5 nitrogen and oxygen atoms in total. The molecule has 0 aliphatic heterocycles. The van der Waals surface area contributed by atoms with E-state index in [2.05, 4.69) is 28.1 Å². The van der Waals surface area contributed by atoms with Crippen LogP contribution in [0.2, 0.25) is 0 Å². The van der Waals surface area contributed by atoms with Crippen LogP contribution in [0.25, 0.3) is 0 Å². The minimum absolute atomic E-state index is 0. The minimum Gasteiger partial charge on any atom is -0.356 e. The van der Waals surface area contributed by atoms with E-state index in [0.717, 1.165) is 24.6 Å². The molecule has 0 rings (SSSR count). The molecule has 0 aliphatic carbocycles. The Morgan fingerprint density at radius 2 is 1.58 bits per heavy atom. The van der Waals surface area contributed by atoms with Crippen molar-refractivity contribution in [2.75, 3.05) is 57.7 Å². The molecule has 0 unspecified atom stereocenters. The predicted octanol–water partition coefficient (Wildman–Crippen LogP) is 0.954. The molecule has 0 aromatic rings. The molecule has 0 bridgehead atoms. The molecule has 0 heterocycles. The van der Waals surface area contributed by atoms with Gasteiger partial charge in [-0.3, -0.25) is 4.79 Å². The number of carbonyl (C=O) groups excluding carboxylic acids is 1. The summed E-state index contributed by atoms with van der Waals surface area (Å²) in [6, 6.07) is 0. The molecule has 2 N–H and O–H groups in total. The van der Waals surface area contributed by atoms with Crippen LogP contribution in [-0.2, 0) is 4.79 Å². The minimum atomic E-state index is 0. The van der Waals surface area contributed by atoms with Gasteiger partial charge < -0.3 is 15.5 Å². The second kappa shape index (κ2) is 14.6. The number of carbonyl (C=O) groups is 1. The number of halogens is 1. The second-order valence-corrected chi connectivity index (χ2v) is 5.76. The zero-order valence-electron chi connectivity index (χ0n) is 12.1. The van der Waals surface area contributed by atoms with Gasteiger partial charge in [-0.2, -0.15) is 23.5 Å². The molecule has 0 saturated carbocycles. The first-order valence-electron chi connectivity index (χ1n) is 5.82. The molecule has 0 atom stereocenters. The first kappa shape index (κ1) is 21.5. The number of nitrogens with one attached hydrogen (secondary N) is 2. The van der Waals surface area contributed by atoms with Crippen molar-refractivity contribution in [3.05, 3.63) is 0 Å². The molecule has 0 spiro atoms. The van der Waals surface area contributed by atoms with Crippen LogP contribution in [0.4, 0.5) is 0 Å². The first-order valence-corrected chi connectivity index (χ1v) is 8.60. The van der Waals surface area contributed by atoms with E-state index in [1.165, 1.54) is 0 Å². The highest BCUT2D eigenvalue weighted by molar-refractivity contribution is 14.0. The molecule has 1 amide bonds. The van der Waals surface area contributed by atoms with E-state index >= 15 is 0 Å². The molecule has 0 aliphatic rings. The standard InChI is InChI=1S/C11H24N4OS2.HI/c1-15(2)10(16)9-14-11(12-5-7-17-3)13-6-8-18-4;/h5-9H2,1-4H3,(H2,12,13,14);1H. The summed E-state index contributed by atoms with van der Waals surface area (Å²) in [5.74, 6) is 2.76. The zero-order valence-corrected chi connectivity index (χ0v) is 16.0. The number of thioether (sulfide) groups is 2. The number of aliphatic imine (C=N–C) groups is 1. The van der Waals surface area contributed by atoms with E-state index in [1.54, 1.807) is 42.5 Å². The van der Waals surface area contributed by atoms with Gasteiger partial charge in [-0.25, -0.2) is 4.99 Å². The molecule has 0 aromatic carbocycles. The lowest BCUT2D eigenvalue weighted by Gasteiger charge is -2.13. The highest BCUT2D eigenvalue weighted by Gasteiger charge is 2.03. The van der Waals surface area contributed by atoms with Crippen molar-refractivity contribution in [2.45, 2.75) is 0 Å². The SMILES string of the molecule is CSCCNC(=NCC(=O)N(C)C)NCCSC.I. The summed E-state index contributed by atoms with van der Waals surface area (Å²) in [6.45, 7) is 1.88. The van der Waals surface area contributed by atoms with Crippen molar-refractivity contribution >= 4 is 59.4 Å². The second-order valence-electron chi connectivity index (χ2n) is 3.79. The van der Waals surface area contributed by atoms with Gasteiger partial charge in [0.25, 0.3) is 0 Å². The van der Waals surface area contributed by atoms with Crippen molar-refractivity contribution in [3.63, 3.8) is 0 Å². The first-order chi connectivity index (χ1) is 8.61. The van der Waals surface area contributed by atoms with Crippen LogP contribution < -0.4 is 10.6 Å². The Hall–Kier alpha value is 0.170. The number of hydrogen-bond acceptors (Lipinski definition) is 4. The Morgan fingerprint density at radius 1 is 1.11 bits per heavy atom. The molecule has 0 fully saturated rings. The molecule has 0 aromatic heterocycles. The van der Waals surface area contributed by atoms with E-state index in [0.29, 0.717) is 5.96 Å². The quantitative estimate of drug-likeness (QED) is 0.265. The molecule has 0 radical (unpaired) electrons. The van der Waals surface area contributed by atoms with Crippen LogP contribution in [-0.4, -0.2) is 74.5 Å². The van der Waals surface area contributed by atoms with Crippen molar-refractivity contribution in [1.29, 1.82) is 0 Å². The normalized spacial score (nSPS) is 9.26. The van der Waals surface area contributed by atoms with Crippen LogP contribution in [0.15, 0.2) is 4.99 Å². The number of rotatable bonds is 8. The molecule has 8 heteroatoms. The van der Waals surface area contributed by atoms with Gasteiger partial charge in [0.2, 0.25) is 5.91 Å². The van der Waals surface area contributed by atoms with Crippen LogP contribution >= 0.6 is 47.5 Å². The lowest BCUT2D eigenvalue weighted by atomic mass is 10.5. The van der Waals surface area contributed by atoms with Crippen LogP contribution in [0.3, 0.4) is 0 Å². The van der Waals surface area contributed by atoms with E-state index in [9.17, 15) is 4.79 Å². The van der Waals surface area contributed by atoms with E-state index < -0.39 is 0 Å². The lowest BCUT2D eigenvalue weighted by molar-refractivity contribution is -0.127. The Morgan fingerprint density at radius 3 is 1.95 bits per heavy atom. The van der Waals surface area contributed by atoms with E-state index in [1.807, 2.05) is 0 Å². The Kier molecular flexibility index (Phi) is 16.5. The number of nitrogens with zero attached hydrogens (tertiary/aromatic N) is 2. The third-order valence-corrected chi connectivity index (χ3v) is 3.29. The number of hydrogen-bond donors (Lipinski definition) is 2. The summed E-state index contributed by atoms with van der Waals surface area (Å²) >= 11 is 3.55. The average Bonchev–Trinajstić information content (AvgIpc) is 2.35. The van der Waals surface area contributed by atoms with Crippen LogP contribution in [0, 0.1) is 0 Å². The smallest absolute Gasteiger partial charge is 0.243 e. The average molecular weight is 420 g/mol. The van der Waals surface area contributed by atoms with E-state index in [-0.39, 0.29) is 36.4 Å². The maximum atomic E-state index is 11.5. The van der Waals surface area contributed by atoms with Gasteiger partial charge in [-0.1, -0.05) is 0 Å².